The Morgan fingerprint density at radius 3 is 2.35 bits per heavy atom. The summed E-state index contributed by atoms with van der Waals surface area (Å²) in [5.41, 5.74) is 1.23. The number of carbonyl (C=O) groups is 1. The first-order valence-corrected chi connectivity index (χ1v) is 6.96. The van der Waals surface area contributed by atoms with Gasteiger partial charge in [-0.3, -0.25) is 14.9 Å². The SMILES string of the molecule is O=C1/C(=C\c2ccccc2)O[C@@H](c2ccc([N+](=O)[O-])cc2)[C@@H]1O. The fourth-order valence-electron chi connectivity index (χ4n) is 2.38. The second-order valence-corrected chi connectivity index (χ2v) is 5.12. The predicted octanol–water partition coefficient (Wildman–Crippen LogP) is 2.64. The van der Waals surface area contributed by atoms with Gasteiger partial charge in [-0.25, -0.2) is 0 Å². The molecule has 0 spiro atoms. The van der Waals surface area contributed by atoms with Crippen molar-refractivity contribution in [2.24, 2.45) is 0 Å². The molecule has 0 unspecified atom stereocenters. The molecule has 3 rings (SSSR count). The number of Topliss-reactive ketones (excluding diaryl/α,β-unsaturated/α-hetero) is 1. The lowest BCUT2D eigenvalue weighted by molar-refractivity contribution is -0.384. The number of hydrogen-bond acceptors (Lipinski definition) is 5. The molecule has 1 fully saturated rings. The minimum atomic E-state index is -1.33. The number of ketones is 1. The number of nitrogens with zero attached hydrogens (tertiary/aromatic N) is 1. The highest BCUT2D eigenvalue weighted by Crippen LogP contribution is 2.34. The van der Waals surface area contributed by atoms with Crippen LogP contribution in [0.5, 0.6) is 0 Å². The van der Waals surface area contributed by atoms with Gasteiger partial charge in [-0.15, -0.1) is 0 Å². The Bertz CT molecular complexity index is 767. The third-order valence-electron chi connectivity index (χ3n) is 3.58. The van der Waals surface area contributed by atoms with Crippen LogP contribution in [0.15, 0.2) is 60.4 Å². The first-order valence-electron chi connectivity index (χ1n) is 6.96. The zero-order chi connectivity index (χ0) is 16.4. The number of aliphatic hydroxyl groups is 1. The molecule has 6 nitrogen and oxygen atoms in total. The molecule has 1 heterocycles. The van der Waals surface area contributed by atoms with Crippen molar-refractivity contribution in [1.82, 2.24) is 0 Å². The van der Waals surface area contributed by atoms with E-state index in [4.69, 9.17) is 4.74 Å². The van der Waals surface area contributed by atoms with Crippen LogP contribution in [0.1, 0.15) is 17.2 Å². The van der Waals surface area contributed by atoms with Crippen LogP contribution < -0.4 is 0 Å². The van der Waals surface area contributed by atoms with E-state index in [1.165, 1.54) is 24.3 Å². The molecular weight excluding hydrogens is 298 g/mol. The number of hydrogen-bond donors (Lipinski definition) is 1. The Morgan fingerprint density at radius 2 is 1.74 bits per heavy atom. The van der Waals surface area contributed by atoms with Crippen LogP contribution in [0, 0.1) is 10.1 Å². The first kappa shape index (κ1) is 14.9. The molecular formula is C17H13NO5. The van der Waals surface area contributed by atoms with Gasteiger partial charge in [0.15, 0.2) is 18.0 Å². The summed E-state index contributed by atoms with van der Waals surface area (Å²) in [6.07, 6.45) is -0.624. The lowest BCUT2D eigenvalue weighted by Gasteiger charge is -2.12. The van der Waals surface area contributed by atoms with E-state index < -0.39 is 22.9 Å². The zero-order valence-electron chi connectivity index (χ0n) is 12.0. The number of aliphatic hydroxyl groups excluding tert-OH is 1. The molecule has 0 aromatic heterocycles. The van der Waals surface area contributed by atoms with Crippen molar-refractivity contribution < 1.29 is 19.6 Å². The van der Waals surface area contributed by atoms with Crippen LogP contribution in [0.25, 0.3) is 6.08 Å². The van der Waals surface area contributed by atoms with E-state index in [0.29, 0.717) is 5.56 Å². The minimum absolute atomic E-state index is 0.0624. The van der Waals surface area contributed by atoms with Gasteiger partial charge in [0.05, 0.1) is 4.92 Å². The van der Waals surface area contributed by atoms with E-state index >= 15 is 0 Å². The molecule has 1 aliphatic heterocycles. The Kier molecular flexibility index (Phi) is 3.91. The average molecular weight is 311 g/mol. The lowest BCUT2D eigenvalue weighted by Crippen LogP contribution is -2.19. The van der Waals surface area contributed by atoms with Crippen molar-refractivity contribution in [3.63, 3.8) is 0 Å². The summed E-state index contributed by atoms with van der Waals surface area (Å²) in [5, 5.41) is 20.8. The van der Waals surface area contributed by atoms with Crippen molar-refractivity contribution in [3.05, 3.63) is 81.6 Å². The first-order chi connectivity index (χ1) is 11.1. The van der Waals surface area contributed by atoms with Crippen LogP contribution in [0.3, 0.4) is 0 Å². The number of non-ortho nitro benzene ring substituents is 1. The van der Waals surface area contributed by atoms with E-state index in [1.807, 2.05) is 30.3 Å². The third-order valence-corrected chi connectivity index (χ3v) is 3.58. The van der Waals surface area contributed by atoms with Crippen LogP contribution in [-0.2, 0) is 9.53 Å². The zero-order valence-corrected chi connectivity index (χ0v) is 12.0. The second-order valence-electron chi connectivity index (χ2n) is 5.12. The molecule has 0 aliphatic carbocycles. The number of benzene rings is 2. The van der Waals surface area contributed by atoms with Crippen LogP contribution >= 0.6 is 0 Å². The monoisotopic (exact) mass is 311 g/mol. The van der Waals surface area contributed by atoms with Crippen molar-refractivity contribution in [2.75, 3.05) is 0 Å². The van der Waals surface area contributed by atoms with Gasteiger partial charge in [0.25, 0.3) is 5.69 Å². The fraction of sp³-hybridized carbons (Fsp3) is 0.118. The maximum Gasteiger partial charge on any atom is 0.269 e. The summed E-state index contributed by atoms with van der Waals surface area (Å²) < 4.78 is 5.57. The maximum atomic E-state index is 12.1. The van der Waals surface area contributed by atoms with Gasteiger partial charge >= 0.3 is 0 Å². The highest BCUT2D eigenvalue weighted by molar-refractivity contribution is 6.02. The number of nitro benzene ring substituents is 1. The quantitative estimate of drug-likeness (QED) is 0.534. The normalized spacial score (nSPS) is 22.1. The largest absolute Gasteiger partial charge is 0.479 e. The topological polar surface area (TPSA) is 89.7 Å². The summed E-state index contributed by atoms with van der Waals surface area (Å²) in [6, 6.07) is 14.7. The van der Waals surface area contributed by atoms with E-state index in [9.17, 15) is 20.0 Å². The summed E-state index contributed by atoms with van der Waals surface area (Å²) in [4.78, 5) is 22.3. The van der Waals surface area contributed by atoms with Crippen LogP contribution in [0.2, 0.25) is 0 Å². The molecule has 2 aromatic carbocycles. The molecule has 1 aliphatic rings. The number of carbonyl (C=O) groups excluding carboxylic acids is 1. The third kappa shape index (κ3) is 2.97. The Labute approximate surface area is 131 Å². The van der Waals surface area contributed by atoms with E-state index in [1.54, 1.807) is 6.08 Å². The van der Waals surface area contributed by atoms with Gasteiger partial charge in [-0.2, -0.15) is 0 Å². The highest BCUT2D eigenvalue weighted by atomic mass is 16.6. The van der Waals surface area contributed by atoms with Crippen LogP contribution in [-0.4, -0.2) is 21.9 Å². The van der Waals surface area contributed by atoms with E-state index in [0.717, 1.165) is 5.56 Å². The molecule has 6 heteroatoms. The molecule has 0 saturated carbocycles. The molecule has 1 N–H and O–H groups in total. The molecule has 2 atom stereocenters. The van der Waals surface area contributed by atoms with Crippen molar-refractivity contribution in [2.45, 2.75) is 12.2 Å². The van der Waals surface area contributed by atoms with Crippen molar-refractivity contribution in [1.29, 1.82) is 0 Å². The Balaban J connectivity index is 1.86. The predicted molar refractivity (Wildman–Crippen MR) is 82.4 cm³/mol. The molecule has 0 amide bonds. The van der Waals surface area contributed by atoms with Gasteiger partial charge in [0.1, 0.15) is 0 Å². The number of ether oxygens (including phenoxy) is 1. The van der Waals surface area contributed by atoms with E-state index in [2.05, 4.69) is 0 Å². The van der Waals surface area contributed by atoms with E-state index in [-0.39, 0.29) is 11.4 Å². The molecule has 23 heavy (non-hydrogen) atoms. The molecule has 1 saturated heterocycles. The number of nitro groups is 1. The van der Waals surface area contributed by atoms with Crippen LogP contribution in [0.4, 0.5) is 5.69 Å². The fourth-order valence-corrected chi connectivity index (χ4v) is 2.38. The minimum Gasteiger partial charge on any atom is -0.479 e. The van der Waals surface area contributed by atoms with Gasteiger partial charge in [-0.1, -0.05) is 30.3 Å². The summed E-state index contributed by atoms with van der Waals surface area (Å²) in [5.74, 6) is -0.427. The summed E-state index contributed by atoms with van der Waals surface area (Å²) in [6.45, 7) is 0. The Morgan fingerprint density at radius 1 is 1.09 bits per heavy atom. The lowest BCUT2D eigenvalue weighted by atomic mass is 10.0. The smallest absolute Gasteiger partial charge is 0.269 e. The standard InChI is InChI=1S/C17H13NO5/c19-15-14(10-11-4-2-1-3-5-11)23-17(16(15)20)12-6-8-13(9-7-12)18(21)22/h1-10,16-17,20H/b14-10+/t16-,17+/m1/s1. The second kappa shape index (κ2) is 6.02. The van der Waals surface area contributed by atoms with Gasteiger partial charge in [0.2, 0.25) is 5.78 Å². The summed E-state index contributed by atoms with van der Waals surface area (Å²) in [7, 11) is 0. The maximum absolute atomic E-state index is 12.1. The van der Waals surface area contributed by atoms with Crippen molar-refractivity contribution in [3.8, 4) is 0 Å². The molecule has 0 bridgehead atoms. The highest BCUT2D eigenvalue weighted by Gasteiger charge is 2.40. The average Bonchev–Trinajstić information content (AvgIpc) is 2.84. The van der Waals surface area contributed by atoms with Crippen molar-refractivity contribution >= 4 is 17.5 Å². The van der Waals surface area contributed by atoms with Gasteiger partial charge in [-0.05, 0) is 29.3 Å². The molecule has 2 aromatic rings. The Hall–Kier alpha value is -2.99. The summed E-state index contributed by atoms with van der Waals surface area (Å²) >= 11 is 0. The molecule has 0 radical (unpaired) electrons. The molecule has 116 valence electrons. The number of rotatable bonds is 3. The van der Waals surface area contributed by atoms with Gasteiger partial charge < -0.3 is 9.84 Å². The van der Waals surface area contributed by atoms with Gasteiger partial charge in [0, 0.05) is 12.1 Å².